The molecule has 5 rings (SSSR count). The van der Waals surface area contributed by atoms with Crippen LogP contribution in [0.5, 0.6) is 0 Å². The smallest absolute Gasteiger partial charge is 0.408 e. The second-order valence-corrected chi connectivity index (χ2v) is 8.38. The van der Waals surface area contributed by atoms with Gasteiger partial charge in [-0.1, -0.05) is 0 Å². The Labute approximate surface area is 190 Å². The summed E-state index contributed by atoms with van der Waals surface area (Å²) >= 11 is 0. The van der Waals surface area contributed by atoms with Crippen LogP contribution in [0.2, 0.25) is 0 Å². The molecule has 3 aromatic heterocycles. The molecule has 1 fully saturated rings. The lowest BCUT2D eigenvalue weighted by Gasteiger charge is -2.38. The molecule has 1 aliphatic heterocycles. The van der Waals surface area contributed by atoms with Crippen molar-refractivity contribution >= 4 is 40.1 Å². The highest BCUT2D eigenvalue weighted by Gasteiger charge is 2.21. The van der Waals surface area contributed by atoms with Crippen LogP contribution >= 0.6 is 0 Å². The second kappa shape index (κ2) is 8.55. The number of piperazine rings is 1. The van der Waals surface area contributed by atoms with E-state index >= 15 is 0 Å². The fourth-order valence-corrected chi connectivity index (χ4v) is 3.83. The van der Waals surface area contributed by atoms with Gasteiger partial charge in [-0.3, -0.25) is 4.98 Å². The zero-order chi connectivity index (χ0) is 22.9. The fourth-order valence-electron chi connectivity index (χ4n) is 3.83. The van der Waals surface area contributed by atoms with Crippen LogP contribution in [0.15, 0.2) is 51.9 Å². The molecule has 1 saturated heterocycles. The van der Waals surface area contributed by atoms with Crippen molar-refractivity contribution in [2.24, 2.45) is 0 Å². The molecule has 1 atom stereocenters. The summed E-state index contributed by atoms with van der Waals surface area (Å²) in [4.78, 5) is 32.3. The number of rotatable bonds is 5. The number of aromatic amines is 1. The number of oxazole rings is 1. The van der Waals surface area contributed by atoms with Crippen LogP contribution in [-0.2, 0) is 0 Å². The van der Waals surface area contributed by atoms with E-state index in [2.05, 4.69) is 54.3 Å². The minimum absolute atomic E-state index is 0.462. The molecule has 33 heavy (non-hydrogen) atoms. The third-order valence-corrected chi connectivity index (χ3v) is 5.94. The summed E-state index contributed by atoms with van der Waals surface area (Å²) in [6.07, 6.45) is 3.56. The zero-order valence-corrected chi connectivity index (χ0v) is 18.8. The van der Waals surface area contributed by atoms with Gasteiger partial charge in [0.05, 0.1) is 17.4 Å². The molecule has 4 heterocycles. The van der Waals surface area contributed by atoms with Crippen molar-refractivity contribution in [1.29, 1.82) is 0 Å². The first kappa shape index (κ1) is 21.0. The Balaban J connectivity index is 1.30. The van der Waals surface area contributed by atoms with E-state index < -0.39 is 5.76 Å². The summed E-state index contributed by atoms with van der Waals surface area (Å²) in [5, 5.41) is 6.50. The summed E-state index contributed by atoms with van der Waals surface area (Å²) in [5.41, 5.74) is 3.61. The molecule has 0 unspecified atom stereocenters. The lowest BCUT2D eigenvalue weighted by Crippen LogP contribution is -2.50. The number of nitrogens with one attached hydrogen (secondary N) is 3. The first-order chi connectivity index (χ1) is 15.9. The van der Waals surface area contributed by atoms with Crippen LogP contribution in [0.3, 0.4) is 0 Å². The number of H-pyrrole nitrogens is 1. The molecular weight excluding hydrogens is 420 g/mol. The first-order valence-electron chi connectivity index (χ1n) is 10.9. The largest absolute Gasteiger partial charge is 0.417 e. The number of hydrogen-bond acceptors (Lipinski definition) is 9. The van der Waals surface area contributed by atoms with Gasteiger partial charge in [-0.2, -0.15) is 4.98 Å². The summed E-state index contributed by atoms with van der Waals surface area (Å²) < 4.78 is 5.05. The highest BCUT2D eigenvalue weighted by Crippen LogP contribution is 2.24. The van der Waals surface area contributed by atoms with Crippen molar-refractivity contribution in [3.63, 3.8) is 0 Å². The number of nitrogens with zero attached hydrogens (tertiary/aromatic N) is 5. The van der Waals surface area contributed by atoms with Crippen LogP contribution in [0.1, 0.15) is 12.5 Å². The van der Waals surface area contributed by atoms with Gasteiger partial charge in [0.25, 0.3) is 0 Å². The number of aromatic nitrogens is 4. The maximum atomic E-state index is 11.4. The summed E-state index contributed by atoms with van der Waals surface area (Å²) in [6, 6.07) is 9.88. The molecule has 0 saturated carbocycles. The van der Waals surface area contributed by atoms with Gasteiger partial charge >= 0.3 is 5.76 Å². The molecule has 0 amide bonds. The Hall–Kier alpha value is -3.92. The maximum absolute atomic E-state index is 11.4. The maximum Gasteiger partial charge on any atom is 0.417 e. The Morgan fingerprint density at radius 3 is 2.73 bits per heavy atom. The van der Waals surface area contributed by atoms with Gasteiger partial charge in [-0.15, -0.1) is 0 Å². The molecule has 10 nitrogen and oxygen atoms in total. The SMILES string of the molecule is Cc1cnc(Nc2ccc(N3CCN(C)[C@H](C)C3)nc2)nc1Nc1ccc2oc(=O)[nH]c2c1. The van der Waals surface area contributed by atoms with Crippen LogP contribution in [0.25, 0.3) is 11.1 Å². The Morgan fingerprint density at radius 2 is 1.94 bits per heavy atom. The molecule has 170 valence electrons. The third-order valence-electron chi connectivity index (χ3n) is 5.94. The second-order valence-electron chi connectivity index (χ2n) is 8.38. The standard InChI is InChI=1S/C23H26N8O2/c1-14-11-25-22(29-21(14)26-16-4-6-19-18(10-16)28-23(32)33-19)27-17-5-7-20(24-12-17)31-9-8-30(3)15(2)13-31/h4-7,10-12,15H,8-9,13H2,1-3H3,(H,28,32)(H2,25,26,27,29)/t15-/m1/s1. The highest BCUT2D eigenvalue weighted by molar-refractivity contribution is 5.78. The number of fused-ring (bicyclic) bond motifs is 1. The van der Waals surface area contributed by atoms with Gasteiger partial charge < -0.3 is 24.9 Å². The minimum atomic E-state index is -0.478. The average Bonchev–Trinajstić information content (AvgIpc) is 3.18. The monoisotopic (exact) mass is 446 g/mol. The molecule has 0 spiro atoms. The van der Waals surface area contributed by atoms with Crippen LogP contribution in [0.4, 0.5) is 29.0 Å². The Bertz CT molecular complexity index is 1330. The topological polar surface area (TPSA) is 115 Å². The predicted molar refractivity (Wildman–Crippen MR) is 129 cm³/mol. The molecule has 1 aromatic carbocycles. The molecule has 0 radical (unpaired) electrons. The predicted octanol–water partition coefficient (Wildman–Crippen LogP) is 3.24. The normalized spacial score (nSPS) is 16.8. The molecule has 1 aliphatic rings. The lowest BCUT2D eigenvalue weighted by molar-refractivity contribution is 0.233. The average molecular weight is 447 g/mol. The quantitative estimate of drug-likeness (QED) is 0.425. The van der Waals surface area contributed by atoms with E-state index in [-0.39, 0.29) is 0 Å². The first-order valence-corrected chi connectivity index (χ1v) is 10.9. The molecule has 0 aliphatic carbocycles. The van der Waals surface area contributed by atoms with E-state index in [9.17, 15) is 4.79 Å². The number of likely N-dealkylation sites (N-methyl/N-ethyl adjacent to an activating group) is 1. The number of hydrogen-bond donors (Lipinski definition) is 3. The van der Waals surface area contributed by atoms with E-state index in [1.165, 1.54) is 0 Å². The number of benzene rings is 1. The molecule has 3 N–H and O–H groups in total. The van der Waals surface area contributed by atoms with Gasteiger partial charge in [0.15, 0.2) is 5.58 Å². The van der Waals surface area contributed by atoms with Gasteiger partial charge in [-0.25, -0.2) is 14.8 Å². The zero-order valence-electron chi connectivity index (χ0n) is 18.8. The molecule has 4 aromatic rings. The van der Waals surface area contributed by atoms with Crippen molar-refractivity contribution in [3.05, 3.63) is 58.8 Å². The van der Waals surface area contributed by atoms with E-state index in [0.29, 0.717) is 28.9 Å². The van der Waals surface area contributed by atoms with Crippen LogP contribution in [-0.4, -0.2) is 57.6 Å². The minimum Gasteiger partial charge on any atom is -0.408 e. The van der Waals surface area contributed by atoms with Gasteiger partial charge in [0.1, 0.15) is 11.6 Å². The third kappa shape index (κ3) is 4.51. The van der Waals surface area contributed by atoms with Crippen molar-refractivity contribution in [1.82, 2.24) is 24.8 Å². The van der Waals surface area contributed by atoms with Crippen molar-refractivity contribution in [3.8, 4) is 0 Å². The van der Waals surface area contributed by atoms with Crippen molar-refractivity contribution in [2.45, 2.75) is 19.9 Å². The van der Waals surface area contributed by atoms with Crippen molar-refractivity contribution < 1.29 is 4.42 Å². The highest BCUT2D eigenvalue weighted by atomic mass is 16.4. The van der Waals surface area contributed by atoms with E-state index in [0.717, 1.165) is 42.4 Å². The summed E-state index contributed by atoms with van der Waals surface area (Å²) in [6.45, 7) is 7.12. The number of aryl methyl sites for hydroxylation is 1. The van der Waals surface area contributed by atoms with Crippen molar-refractivity contribution in [2.75, 3.05) is 42.2 Å². The number of anilines is 5. The fraction of sp³-hybridized carbons (Fsp3) is 0.304. The Kier molecular flexibility index (Phi) is 5.43. The van der Waals surface area contributed by atoms with Gasteiger partial charge in [0, 0.05) is 43.1 Å². The number of pyridine rings is 1. The summed E-state index contributed by atoms with van der Waals surface area (Å²) in [5.74, 6) is 1.62. The van der Waals surface area contributed by atoms with E-state index in [4.69, 9.17) is 4.42 Å². The Morgan fingerprint density at radius 1 is 1.09 bits per heavy atom. The van der Waals surface area contributed by atoms with Crippen LogP contribution in [0, 0.1) is 6.92 Å². The van der Waals surface area contributed by atoms with E-state index in [1.54, 1.807) is 24.5 Å². The van der Waals surface area contributed by atoms with Gasteiger partial charge in [-0.05, 0) is 51.2 Å². The van der Waals surface area contributed by atoms with E-state index in [1.807, 2.05) is 25.1 Å². The van der Waals surface area contributed by atoms with Crippen LogP contribution < -0.4 is 21.3 Å². The molecule has 10 heteroatoms. The van der Waals surface area contributed by atoms with Gasteiger partial charge in [0.2, 0.25) is 5.95 Å². The summed E-state index contributed by atoms with van der Waals surface area (Å²) in [7, 11) is 2.16. The molecular formula is C23H26N8O2. The molecule has 0 bridgehead atoms. The lowest BCUT2D eigenvalue weighted by atomic mass is 10.2.